The van der Waals surface area contributed by atoms with E-state index in [2.05, 4.69) is 9.83 Å². The highest BCUT2D eigenvalue weighted by Gasteiger charge is 2.12. The fraction of sp³-hybridized carbons (Fsp3) is 0.0625. The van der Waals surface area contributed by atoms with Crippen molar-refractivity contribution in [1.82, 2.24) is 9.55 Å². The van der Waals surface area contributed by atoms with Gasteiger partial charge in [0.2, 0.25) is 0 Å². The summed E-state index contributed by atoms with van der Waals surface area (Å²) in [5.41, 5.74) is 1.46. The van der Waals surface area contributed by atoms with E-state index in [-0.39, 0.29) is 11.4 Å². The lowest BCUT2D eigenvalue weighted by Gasteiger charge is -2.11. The van der Waals surface area contributed by atoms with E-state index in [1.807, 2.05) is 30.3 Å². The number of aromatic nitrogens is 2. The molecule has 3 rings (SSSR count). The van der Waals surface area contributed by atoms with Crippen molar-refractivity contribution in [3.8, 4) is 5.69 Å². The van der Waals surface area contributed by atoms with Crippen molar-refractivity contribution in [2.45, 2.75) is 5.88 Å². The fourth-order valence-electron chi connectivity index (χ4n) is 2.22. The average Bonchev–Trinajstić information content (AvgIpc) is 2.55. The second-order valence-corrected chi connectivity index (χ2v) is 4.72. The summed E-state index contributed by atoms with van der Waals surface area (Å²) in [5, 5.41) is 0.418. The van der Waals surface area contributed by atoms with Gasteiger partial charge in [-0.05, 0) is 24.3 Å². The smallest absolute Gasteiger partial charge is 0.264 e. The summed E-state index contributed by atoms with van der Waals surface area (Å²) < 4.78 is 1.49. The molecule has 102 valence electrons. The second-order valence-electron chi connectivity index (χ2n) is 4.45. The molecule has 0 N–H and O–H groups in total. The predicted octanol–water partition coefficient (Wildman–Crippen LogP) is 3.68. The van der Waals surface area contributed by atoms with Crippen LogP contribution in [0.2, 0.25) is 0 Å². The lowest BCUT2D eigenvalue weighted by Crippen LogP contribution is -2.23. The largest absolute Gasteiger partial charge is 0.268 e. The Labute approximate surface area is 126 Å². The van der Waals surface area contributed by atoms with Crippen LogP contribution in [0, 0.1) is 6.57 Å². The quantitative estimate of drug-likeness (QED) is 0.534. The van der Waals surface area contributed by atoms with Gasteiger partial charge >= 0.3 is 0 Å². The third-order valence-electron chi connectivity index (χ3n) is 3.18. The van der Waals surface area contributed by atoms with Crippen LogP contribution in [0.5, 0.6) is 0 Å². The maximum Gasteiger partial charge on any atom is 0.264 e. The number of alkyl halides is 1. The van der Waals surface area contributed by atoms with Crippen LogP contribution in [0.3, 0.4) is 0 Å². The molecule has 1 heterocycles. The molecule has 0 saturated carbocycles. The molecule has 4 nitrogen and oxygen atoms in total. The van der Waals surface area contributed by atoms with Gasteiger partial charge < -0.3 is 0 Å². The van der Waals surface area contributed by atoms with Gasteiger partial charge in [-0.25, -0.2) is 9.83 Å². The third-order valence-corrected chi connectivity index (χ3v) is 3.42. The molecule has 0 radical (unpaired) electrons. The minimum Gasteiger partial charge on any atom is -0.268 e. The maximum atomic E-state index is 12.7. The SMILES string of the molecule is [C-]#[N+]c1ccc2nc(CCl)n(-c3ccccc3)c(=O)c2c1. The number of nitrogens with zero attached hydrogens (tertiary/aromatic N) is 3. The van der Waals surface area contributed by atoms with E-state index >= 15 is 0 Å². The Morgan fingerprint density at radius 2 is 1.95 bits per heavy atom. The highest BCUT2D eigenvalue weighted by atomic mass is 35.5. The zero-order chi connectivity index (χ0) is 14.8. The van der Waals surface area contributed by atoms with E-state index in [0.29, 0.717) is 28.1 Å². The average molecular weight is 296 g/mol. The number of halogens is 1. The summed E-state index contributed by atoms with van der Waals surface area (Å²) in [7, 11) is 0. The van der Waals surface area contributed by atoms with Crippen LogP contribution in [0.1, 0.15) is 5.82 Å². The molecule has 0 amide bonds. The van der Waals surface area contributed by atoms with E-state index in [0.717, 1.165) is 0 Å². The molecule has 5 heteroatoms. The van der Waals surface area contributed by atoms with Gasteiger partial charge in [0.05, 0.1) is 29.0 Å². The number of hydrogen-bond acceptors (Lipinski definition) is 2. The van der Waals surface area contributed by atoms with Crippen LogP contribution < -0.4 is 5.56 Å². The van der Waals surface area contributed by atoms with E-state index in [1.165, 1.54) is 4.57 Å². The van der Waals surface area contributed by atoms with Gasteiger partial charge in [0.15, 0.2) is 5.69 Å². The van der Waals surface area contributed by atoms with Crippen molar-refractivity contribution in [2.24, 2.45) is 0 Å². The summed E-state index contributed by atoms with van der Waals surface area (Å²) >= 11 is 5.94. The Bertz CT molecular complexity index is 910. The number of hydrogen-bond donors (Lipinski definition) is 0. The molecule has 0 aliphatic heterocycles. The molecule has 0 fully saturated rings. The number of fused-ring (bicyclic) bond motifs is 1. The summed E-state index contributed by atoms with van der Waals surface area (Å²) in [4.78, 5) is 20.5. The van der Waals surface area contributed by atoms with Crippen molar-refractivity contribution in [2.75, 3.05) is 0 Å². The van der Waals surface area contributed by atoms with Gasteiger partial charge in [0.25, 0.3) is 5.56 Å². The van der Waals surface area contributed by atoms with Gasteiger partial charge in [0, 0.05) is 0 Å². The molecule has 2 aromatic carbocycles. The molecule has 21 heavy (non-hydrogen) atoms. The third kappa shape index (κ3) is 2.28. The van der Waals surface area contributed by atoms with Crippen molar-refractivity contribution in [3.05, 3.63) is 76.1 Å². The first-order chi connectivity index (χ1) is 10.2. The highest BCUT2D eigenvalue weighted by molar-refractivity contribution is 6.16. The molecule has 1 aromatic heterocycles. The summed E-state index contributed by atoms with van der Waals surface area (Å²) in [6.07, 6.45) is 0. The van der Waals surface area contributed by atoms with E-state index < -0.39 is 0 Å². The van der Waals surface area contributed by atoms with Crippen molar-refractivity contribution < 1.29 is 0 Å². The number of benzene rings is 2. The molecule has 0 saturated heterocycles. The van der Waals surface area contributed by atoms with Crippen molar-refractivity contribution in [3.63, 3.8) is 0 Å². The zero-order valence-electron chi connectivity index (χ0n) is 11.0. The fourth-order valence-corrected chi connectivity index (χ4v) is 2.40. The van der Waals surface area contributed by atoms with E-state index in [9.17, 15) is 4.79 Å². The van der Waals surface area contributed by atoms with E-state index in [1.54, 1.807) is 18.2 Å². The topological polar surface area (TPSA) is 39.2 Å². The van der Waals surface area contributed by atoms with Gasteiger partial charge in [0.1, 0.15) is 5.82 Å². The maximum absolute atomic E-state index is 12.7. The lowest BCUT2D eigenvalue weighted by molar-refractivity contribution is 0.881. The molecule has 0 aliphatic carbocycles. The summed E-state index contributed by atoms with van der Waals surface area (Å²) in [6, 6.07) is 14.1. The number of para-hydroxylation sites is 1. The van der Waals surface area contributed by atoms with Crippen LogP contribution in [-0.2, 0) is 5.88 Å². The first-order valence-corrected chi connectivity index (χ1v) is 6.82. The van der Waals surface area contributed by atoms with Crippen LogP contribution >= 0.6 is 11.6 Å². The molecule has 0 spiro atoms. The van der Waals surface area contributed by atoms with Gasteiger partial charge in [-0.3, -0.25) is 9.36 Å². The van der Waals surface area contributed by atoms with Crippen LogP contribution in [0.4, 0.5) is 5.69 Å². The molecule has 0 atom stereocenters. The molecule has 3 aromatic rings. The first kappa shape index (κ1) is 13.3. The Morgan fingerprint density at radius 1 is 1.19 bits per heavy atom. The summed E-state index contributed by atoms with van der Waals surface area (Å²) in [6.45, 7) is 7.06. The van der Waals surface area contributed by atoms with Crippen LogP contribution in [0.25, 0.3) is 21.4 Å². The zero-order valence-corrected chi connectivity index (χ0v) is 11.7. The standard InChI is InChI=1S/C16H10ClN3O/c1-18-11-7-8-14-13(9-11)16(21)20(15(10-17)19-14)12-5-3-2-4-6-12/h2-9H,10H2. The van der Waals surface area contributed by atoms with Crippen molar-refractivity contribution in [1.29, 1.82) is 0 Å². The Balaban J connectivity index is 2.41. The second kappa shape index (κ2) is 5.39. The highest BCUT2D eigenvalue weighted by Crippen LogP contribution is 2.19. The first-order valence-electron chi connectivity index (χ1n) is 6.29. The van der Waals surface area contributed by atoms with Crippen LogP contribution in [-0.4, -0.2) is 9.55 Å². The van der Waals surface area contributed by atoms with Gasteiger partial charge in [-0.1, -0.05) is 24.3 Å². The molecular weight excluding hydrogens is 286 g/mol. The number of rotatable bonds is 2. The molecular formula is C16H10ClN3O. The molecule has 0 unspecified atom stereocenters. The Kier molecular flexibility index (Phi) is 3.43. The molecule has 0 bridgehead atoms. The summed E-state index contributed by atoms with van der Waals surface area (Å²) in [5.74, 6) is 0.612. The Hall–Kier alpha value is -2.64. The van der Waals surface area contributed by atoms with E-state index in [4.69, 9.17) is 18.2 Å². The van der Waals surface area contributed by atoms with Gasteiger partial charge in [-0.15, -0.1) is 11.6 Å². The minimum absolute atomic E-state index is 0.130. The predicted molar refractivity (Wildman–Crippen MR) is 83.2 cm³/mol. The normalized spacial score (nSPS) is 10.5. The van der Waals surface area contributed by atoms with Gasteiger partial charge in [-0.2, -0.15) is 0 Å². The molecule has 0 aliphatic rings. The Morgan fingerprint density at radius 3 is 2.62 bits per heavy atom. The van der Waals surface area contributed by atoms with Crippen molar-refractivity contribution >= 4 is 28.2 Å². The van der Waals surface area contributed by atoms with Crippen LogP contribution in [0.15, 0.2) is 53.3 Å². The lowest BCUT2D eigenvalue weighted by atomic mass is 10.2. The monoisotopic (exact) mass is 295 g/mol. The minimum atomic E-state index is -0.215.